The molecule has 25 heavy (non-hydrogen) atoms. The zero-order valence-electron chi connectivity index (χ0n) is 12.8. The lowest BCUT2D eigenvalue weighted by atomic mass is 10.1. The molecule has 4 rings (SSSR count). The van der Waals surface area contributed by atoms with Crippen molar-refractivity contribution >= 4 is 49.0 Å². The Morgan fingerprint density at radius 3 is 2.72 bits per heavy atom. The van der Waals surface area contributed by atoms with E-state index in [-0.39, 0.29) is 9.77 Å². The SMILES string of the molecule is O=C(NS(=O)(=O)c1ccc2c(c1)COC2)c1cc2c(Cl)cccc2s1. The van der Waals surface area contributed by atoms with Gasteiger partial charge in [0.05, 0.1) is 23.0 Å². The van der Waals surface area contributed by atoms with Gasteiger partial charge in [-0.1, -0.05) is 23.7 Å². The summed E-state index contributed by atoms with van der Waals surface area (Å²) in [4.78, 5) is 12.7. The maximum atomic E-state index is 12.5. The van der Waals surface area contributed by atoms with Gasteiger partial charge in [-0.15, -0.1) is 11.3 Å². The molecule has 0 fully saturated rings. The van der Waals surface area contributed by atoms with Crippen molar-refractivity contribution in [3.8, 4) is 0 Å². The number of hydrogen-bond acceptors (Lipinski definition) is 5. The molecule has 0 atom stereocenters. The molecule has 8 heteroatoms. The van der Waals surface area contributed by atoms with Gasteiger partial charge in [0.2, 0.25) is 0 Å². The molecular formula is C17H12ClNO4S2. The maximum absolute atomic E-state index is 12.5. The molecule has 0 aliphatic carbocycles. The second-order valence-electron chi connectivity index (χ2n) is 5.62. The summed E-state index contributed by atoms with van der Waals surface area (Å²) in [5.41, 5.74) is 1.79. The molecule has 5 nitrogen and oxygen atoms in total. The molecule has 2 aromatic carbocycles. The third-order valence-corrected chi connectivity index (χ3v) is 6.72. The zero-order chi connectivity index (χ0) is 17.6. The van der Waals surface area contributed by atoms with Crippen LogP contribution in [-0.2, 0) is 28.0 Å². The predicted molar refractivity (Wildman–Crippen MR) is 96.4 cm³/mol. The minimum atomic E-state index is -3.96. The van der Waals surface area contributed by atoms with Crippen molar-refractivity contribution in [1.82, 2.24) is 4.72 Å². The molecule has 1 aromatic heterocycles. The molecule has 0 saturated carbocycles. The number of carbonyl (C=O) groups is 1. The van der Waals surface area contributed by atoms with E-state index in [9.17, 15) is 13.2 Å². The standard InChI is InChI=1S/C17H12ClNO4S2/c18-14-2-1-3-15-13(14)7-16(24-15)17(20)19-25(21,22)12-5-4-10-8-23-9-11(10)6-12/h1-7H,8-9H2,(H,19,20). The molecule has 1 N–H and O–H groups in total. The molecule has 1 aliphatic heterocycles. The molecule has 0 spiro atoms. The lowest BCUT2D eigenvalue weighted by Crippen LogP contribution is -2.30. The highest BCUT2D eigenvalue weighted by Gasteiger charge is 2.22. The molecular weight excluding hydrogens is 382 g/mol. The summed E-state index contributed by atoms with van der Waals surface area (Å²) >= 11 is 7.30. The van der Waals surface area contributed by atoms with Crippen molar-refractivity contribution in [2.75, 3.05) is 0 Å². The number of ether oxygens (including phenoxy) is 1. The largest absolute Gasteiger partial charge is 0.372 e. The van der Waals surface area contributed by atoms with Gasteiger partial charge in [-0.3, -0.25) is 4.79 Å². The number of nitrogens with one attached hydrogen (secondary N) is 1. The highest BCUT2D eigenvalue weighted by atomic mass is 35.5. The number of amides is 1. The normalized spacial score (nSPS) is 13.8. The van der Waals surface area contributed by atoms with Gasteiger partial charge in [-0.05, 0) is 41.5 Å². The molecule has 1 amide bonds. The monoisotopic (exact) mass is 393 g/mol. The van der Waals surface area contributed by atoms with E-state index in [1.54, 1.807) is 30.3 Å². The minimum Gasteiger partial charge on any atom is -0.372 e. The van der Waals surface area contributed by atoms with Crippen molar-refractivity contribution in [1.29, 1.82) is 0 Å². The van der Waals surface area contributed by atoms with E-state index >= 15 is 0 Å². The Hall–Kier alpha value is -1.93. The van der Waals surface area contributed by atoms with E-state index in [2.05, 4.69) is 4.72 Å². The molecule has 1 aliphatic rings. The van der Waals surface area contributed by atoms with Crippen molar-refractivity contribution < 1.29 is 17.9 Å². The average molecular weight is 394 g/mol. The van der Waals surface area contributed by atoms with Crippen LogP contribution in [0.3, 0.4) is 0 Å². The van der Waals surface area contributed by atoms with Crippen LogP contribution < -0.4 is 4.72 Å². The van der Waals surface area contributed by atoms with Crippen LogP contribution in [0.4, 0.5) is 0 Å². The Balaban J connectivity index is 1.63. The fraction of sp³-hybridized carbons (Fsp3) is 0.118. The summed E-state index contributed by atoms with van der Waals surface area (Å²) in [6.45, 7) is 0.853. The van der Waals surface area contributed by atoms with Crippen LogP contribution in [0, 0.1) is 0 Å². The van der Waals surface area contributed by atoms with E-state index < -0.39 is 15.9 Å². The minimum absolute atomic E-state index is 0.0456. The molecule has 3 aromatic rings. The highest BCUT2D eigenvalue weighted by Crippen LogP contribution is 2.31. The first-order valence-corrected chi connectivity index (χ1v) is 10.1. The quantitative estimate of drug-likeness (QED) is 0.736. The van der Waals surface area contributed by atoms with Crippen molar-refractivity contribution in [3.63, 3.8) is 0 Å². The second kappa shape index (κ2) is 6.10. The first-order valence-electron chi connectivity index (χ1n) is 7.39. The second-order valence-corrected chi connectivity index (χ2v) is 8.79. The molecule has 0 unspecified atom stereocenters. The van der Waals surface area contributed by atoms with E-state index in [4.69, 9.17) is 16.3 Å². The van der Waals surface area contributed by atoms with Gasteiger partial charge < -0.3 is 4.74 Å². The third kappa shape index (κ3) is 3.04. The van der Waals surface area contributed by atoms with Crippen LogP contribution in [0.25, 0.3) is 10.1 Å². The lowest BCUT2D eigenvalue weighted by molar-refractivity contribution is 0.0985. The summed E-state index contributed by atoms with van der Waals surface area (Å²) in [6.07, 6.45) is 0. The first kappa shape index (κ1) is 16.5. The smallest absolute Gasteiger partial charge is 0.275 e. The Kier molecular flexibility index (Phi) is 4.04. The van der Waals surface area contributed by atoms with Crippen LogP contribution in [0.1, 0.15) is 20.8 Å². The Bertz CT molecular complexity index is 1110. The van der Waals surface area contributed by atoms with Gasteiger partial charge in [0.15, 0.2) is 0 Å². The Morgan fingerprint density at radius 1 is 1.12 bits per heavy atom. The van der Waals surface area contributed by atoms with Gasteiger partial charge in [0.25, 0.3) is 15.9 Å². The number of benzene rings is 2. The number of halogens is 1. The average Bonchev–Trinajstić information content (AvgIpc) is 3.21. The number of hydrogen-bond donors (Lipinski definition) is 1. The Morgan fingerprint density at radius 2 is 1.92 bits per heavy atom. The number of rotatable bonds is 3. The fourth-order valence-corrected chi connectivity index (χ4v) is 5.03. The van der Waals surface area contributed by atoms with Crippen molar-refractivity contribution in [2.45, 2.75) is 18.1 Å². The van der Waals surface area contributed by atoms with Crippen LogP contribution >= 0.6 is 22.9 Å². The van der Waals surface area contributed by atoms with Crippen LogP contribution in [0.2, 0.25) is 5.02 Å². The van der Waals surface area contributed by atoms with E-state index in [0.29, 0.717) is 18.2 Å². The number of fused-ring (bicyclic) bond motifs is 2. The summed E-state index contributed by atoms with van der Waals surface area (Å²) < 4.78 is 33.2. The highest BCUT2D eigenvalue weighted by molar-refractivity contribution is 7.90. The zero-order valence-corrected chi connectivity index (χ0v) is 15.2. The van der Waals surface area contributed by atoms with Crippen molar-refractivity contribution in [3.05, 3.63) is 63.5 Å². The van der Waals surface area contributed by atoms with E-state index in [1.807, 2.05) is 6.07 Å². The third-order valence-electron chi connectivity index (χ3n) is 3.96. The lowest BCUT2D eigenvalue weighted by Gasteiger charge is -2.07. The molecule has 0 saturated heterocycles. The maximum Gasteiger partial charge on any atom is 0.275 e. The molecule has 0 radical (unpaired) electrons. The van der Waals surface area contributed by atoms with Crippen LogP contribution in [0.15, 0.2) is 47.4 Å². The summed E-state index contributed by atoms with van der Waals surface area (Å²) in [5, 5.41) is 1.25. The number of thiophene rings is 1. The Labute approximate surface area is 153 Å². The molecule has 128 valence electrons. The molecule has 0 bridgehead atoms. The van der Waals surface area contributed by atoms with E-state index in [1.165, 1.54) is 17.4 Å². The van der Waals surface area contributed by atoms with Gasteiger partial charge in [0.1, 0.15) is 0 Å². The van der Waals surface area contributed by atoms with E-state index in [0.717, 1.165) is 21.2 Å². The predicted octanol–water partition coefficient (Wildman–Crippen LogP) is 3.70. The summed E-state index contributed by atoms with van der Waals surface area (Å²) in [5.74, 6) is -0.672. The van der Waals surface area contributed by atoms with Gasteiger partial charge in [-0.2, -0.15) is 0 Å². The van der Waals surface area contributed by atoms with Gasteiger partial charge >= 0.3 is 0 Å². The topological polar surface area (TPSA) is 72.5 Å². The van der Waals surface area contributed by atoms with Gasteiger partial charge in [-0.25, -0.2) is 13.1 Å². The first-order chi connectivity index (χ1) is 11.9. The molecule has 2 heterocycles. The summed E-state index contributed by atoms with van der Waals surface area (Å²) in [7, 11) is -3.96. The fourth-order valence-electron chi connectivity index (χ4n) is 2.68. The van der Waals surface area contributed by atoms with Crippen LogP contribution in [-0.4, -0.2) is 14.3 Å². The van der Waals surface area contributed by atoms with Crippen molar-refractivity contribution in [2.24, 2.45) is 0 Å². The number of sulfonamides is 1. The van der Waals surface area contributed by atoms with Crippen LogP contribution in [0.5, 0.6) is 0 Å². The summed E-state index contributed by atoms with van der Waals surface area (Å²) in [6, 6.07) is 11.7. The number of carbonyl (C=O) groups excluding carboxylic acids is 1. The van der Waals surface area contributed by atoms with Gasteiger partial charge in [0, 0.05) is 15.1 Å².